The van der Waals surface area contributed by atoms with Crippen molar-refractivity contribution in [2.24, 2.45) is 0 Å². The molecule has 2 N–H and O–H groups in total. The van der Waals surface area contributed by atoms with Crippen LogP contribution >= 0.6 is 0 Å². The molecule has 2 amide bonds. The standard InChI is InChI=1S/C19H30N2O4/c1-8-18(4,5)20(16(22)23)14-11-10-13(3)15(12-14)21(17(24)25)19(6,7)9-2/h10-12H,8-9H2,1-7H3,(H,22,23)(H,24,25). The predicted octanol–water partition coefficient (Wildman–Crippen LogP) is 5.34. The molecule has 0 bridgehead atoms. The van der Waals surface area contributed by atoms with Crippen LogP contribution in [0.4, 0.5) is 21.0 Å². The zero-order valence-electron chi connectivity index (χ0n) is 16.3. The number of rotatable bonds is 6. The number of aryl methyl sites for hydroxylation is 1. The summed E-state index contributed by atoms with van der Waals surface area (Å²) in [6.45, 7) is 13.1. The highest BCUT2D eigenvalue weighted by Crippen LogP contribution is 2.35. The van der Waals surface area contributed by atoms with E-state index in [-0.39, 0.29) is 0 Å². The van der Waals surface area contributed by atoms with Crippen LogP contribution in [0, 0.1) is 6.92 Å². The fraction of sp³-hybridized carbons (Fsp3) is 0.579. The molecule has 0 aromatic heterocycles. The van der Waals surface area contributed by atoms with Crippen LogP contribution in [0.15, 0.2) is 18.2 Å². The third-order valence-electron chi connectivity index (χ3n) is 5.02. The van der Waals surface area contributed by atoms with E-state index in [0.717, 1.165) is 5.56 Å². The van der Waals surface area contributed by atoms with Crippen LogP contribution in [0.5, 0.6) is 0 Å². The lowest BCUT2D eigenvalue weighted by Crippen LogP contribution is -2.48. The van der Waals surface area contributed by atoms with E-state index in [9.17, 15) is 19.8 Å². The van der Waals surface area contributed by atoms with Crippen molar-refractivity contribution in [3.63, 3.8) is 0 Å². The Bertz CT molecular complexity index is 653. The van der Waals surface area contributed by atoms with E-state index < -0.39 is 23.3 Å². The average Bonchev–Trinajstić information content (AvgIpc) is 2.49. The van der Waals surface area contributed by atoms with Crippen molar-refractivity contribution in [2.45, 2.75) is 72.4 Å². The lowest BCUT2D eigenvalue weighted by Gasteiger charge is -2.39. The van der Waals surface area contributed by atoms with Gasteiger partial charge in [0.1, 0.15) is 0 Å². The summed E-state index contributed by atoms with van der Waals surface area (Å²) >= 11 is 0. The summed E-state index contributed by atoms with van der Waals surface area (Å²) in [5.41, 5.74) is 0.552. The summed E-state index contributed by atoms with van der Waals surface area (Å²) in [4.78, 5) is 26.4. The summed E-state index contributed by atoms with van der Waals surface area (Å²) in [5.74, 6) is 0. The smallest absolute Gasteiger partial charge is 0.412 e. The van der Waals surface area contributed by atoms with Crippen molar-refractivity contribution in [2.75, 3.05) is 9.80 Å². The number of benzene rings is 1. The maximum atomic E-state index is 11.9. The number of amides is 2. The van der Waals surface area contributed by atoms with E-state index >= 15 is 0 Å². The van der Waals surface area contributed by atoms with Crippen molar-refractivity contribution in [1.82, 2.24) is 0 Å². The van der Waals surface area contributed by atoms with Gasteiger partial charge in [0.2, 0.25) is 0 Å². The molecule has 6 heteroatoms. The van der Waals surface area contributed by atoms with Crippen LogP contribution in [0.1, 0.15) is 59.9 Å². The average molecular weight is 350 g/mol. The third-order valence-corrected chi connectivity index (χ3v) is 5.02. The molecule has 0 heterocycles. The molecular formula is C19H30N2O4. The first kappa shape index (κ1) is 20.8. The SMILES string of the molecule is CCC(C)(C)N(C(=O)O)c1ccc(C)c(N(C(=O)O)C(C)(C)CC)c1. The Morgan fingerprint density at radius 3 is 1.76 bits per heavy atom. The second-order valence-corrected chi connectivity index (χ2v) is 7.54. The van der Waals surface area contributed by atoms with Gasteiger partial charge in [-0.15, -0.1) is 0 Å². The summed E-state index contributed by atoms with van der Waals surface area (Å²) in [6, 6.07) is 5.16. The van der Waals surface area contributed by atoms with E-state index in [1.54, 1.807) is 18.2 Å². The number of anilines is 2. The fourth-order valence-corrected chi connectivity index (χ4v) is 2.70. The third kappa shape index (κ3) is 4.24. The Balaban J connectivity index is 3.58. The van der Waals surface area contributed by atoms with E-state index in [0.29, 0.717) is 24.2 Å². The summed E-state index contributed by atoms with van der Waals surface area (Å²) in [6.07, 6.45) is -0.848. The van der Waals surface area contributed by atoms with Crippen LogP contribution < -0.4 is 9.80 Å². The number of carbonyl (C=O) groups is 2. The van der Waals surface area contributed by atoms with Gasteiger partial charge in [0, 0.05) is 16.8 Å². The summed E-state index contributed by atoms with van der Waals surface area (Å²) in [5, 5.41) is 19.5. The zero-order valence-corrected chi connectivity index (χ0v) is 16.3. The largest absolute Gasteiger partial charge is 0.465 e. The molecular weight excluding hydrogens is 320 g/mol. The molecule has 1 aromatic rings. The van der Waals surface area contributed by atoms with E-state index in [2.05, 4.69) is 0 Å². The van der Waals surface area contributed by atoms with Gasteiger partial charge in [-0.3, -0.25) is 9.80 Å². The van der Waals surface area contributed by atoms with Crippen molar-refractivity contribution >= 4 is 23.6 Å². The minimum absolute atomic E-state index is 0.470. The van der Waals surface area contributed by atoms with Crippen molar-refractivity contribution in [3.8, 4) is 0 Å². The van der Waals surface area contributed by atoms with Gasteiger partial charge in [0.05, 0.1) is 5.69 Å². The first-order chi connectivity index (χ1) is 11.4. The highest BCUT2D eigenvalue weighted by atomic mass is 16.4. The molecule has 0 saturated heterocycles. The highest BCUT2D eigenvalue weighted by molar-refractivity contribution is 5.93. The summed E-state index contributed by atoms with van der Waals surface area (Å²) in [7, 11) is 0. The second kappa shape index (κ2) is 7.33. The fourth-order valence-electron chi connectivity index (χ4n) is 2.70. The molecule has 0 radical (unpaired) electrons. The zero-order chi connectivity index (χ0) is 19.6. The van der Waals surface area contributed by atoms with Gasteiger partial charge in [-0.25, -0.2) is 9.59 Å². The van der Waals surface area contributed by atoms with Gasteiger partial charge in [0.25, 0.3) is 0 Å². The molecule has 0 saturated carbocycles. The van der Waals surface area contributed by atoms with Crippen molar-refractivity contribution in [1.29, 1.82) is 0 Å². The molecule has 1 rings (SSSR count). The lowest BCUT2D eigenvalue weighted by molar-refractivity contribution is 0.193. The molecule has 0 spiro atoms. The van der Waals surface area contributed by atoms with Crippen molar-refractivity contribution < 1.29 is 19.8 Å². The first-order valence-electron chi connectivity index (χ1n) is 8.56. The minimum atomic E-state index is -1.06. The molecule has 0 aliphatic carbocycles. The summed E-state index contributed by atoms with van der Waals surface area (Å²) < 4.78 is 0. The van der Waals surface area contributed by atoms with E-state index in [1.807, 2.05) is 48.5 Å². The highest BCUT2D eigenvalue weighted by Gasteiger charge is 2.34. The molecule has 0 aliphatic rings. The topological polar surface area (TPSA) is 81.1 Å². The molecule has 140 valence electrons. The van der Waals surface area contributed by atoms with Gasteiger partial charge in [-0.1, -0.05) is 19.9 Å². The maximum Gasteiger partial charge on any atom is 0.412 e. The molecule has 0 atom stereocenters. The Kier molecular flexibility index (Phi) is 6.10. The lowest BCUT2D eigenvalue weighted by atomic mass is 9.96. The molecule has 6 nitrogen and oxygen atoms in total. The number of nitrogens with zero attached hydrogens (tertiary/aromatic N) is 2. The van der Waals surface area contributed by atoms with Crippen molar-refractivity contribution in [3.05, 3.63) is 23.8 Å². The Morgan fingerprint density at radius 2 is 1.36 bits per heavy atom. The molecule has 25 heavy (non-hydrogen) atoms. The minimum Gasteiger partial charge on any atom is -0.465 e. The van der Waals surface area contributed by atoms with Crippen LogP contribution in [-0.2, 0) is 0 Å². The molecule has 0 aliphatic heterocycles. The van der Waals surface area contributed by atoms with E-state index in [4.69, 9.17) is 0 Å². The number of carboxylic acid groups (broad SMARTS) is 2. The maximum absolute atomic E-state index is 11.9. The van der Waals surface area contributed by atoms with Crippen LogP contribution in [-0.4, -0.2) is 33.5 Å². The van der Waals surface area contributed by atoms with Crippen LogP contribution in [0.2, 0.25) is 0 Å². The van der Waals surface area contributed by atoms with Gasteiger partial charge in [-0.2, -0.15) is 0 Å². The monoisotopic (exact) mass is 350 g/mol. The van der Waals surface area contributed by atoms with Crippen LogP contribution in [0.25, 0.3) is 0 Å². The normalized spacial score (nSPS) is 12.0. The first-order valence-corrected chi connectivity index (χ1v) is 8.56. The Hall–Kier alpha value is -2.24. The number of hydrogen-bond acceptors (Lipinski definition) is 2. The number of hydrogen-bond donors (Lipinski definition) is 2. The second-order valence-electron chi connectivity index (χ2n) is 7.54. The van der Waals surface area contributed by atoms with Gasteiger partial charge in [-0.05, 0) is 65.2 Å². The quantitative estimate of drug-likeness (QED) is 0.725. The van der Waals surface area contributed by atoms with Gasteiger partial charge in [0.15, 0.2) is 0 Å². The molecule has 0 fully saturated rings. The van der Waals surface area contributed by atoms with Crippen LogP contribution in [0.3, 0.4) is 0 Å². The Labute approximate surface area is 150 Å². The van der Waals surface area contributed by atoms with E-state index in [1.165, 1.54) is 9.80 Å². The predicted molar refractivity (Wildman–Crippen MR) is 101 cm³/mol. The van der Waals surface area contributed by atoms with Gasteiger partial charge < -0.3 is 10.2 Å². The molecule has 0 unspecified atom stereocenters. The van der Waals surface area contributed by atoms with Gasteiger partial charge >= 0.3 is 12.2 Å². The Morgan fingerprint density at radius 1 is 0.920 bits per heavy atom. The molecule has 1 aromatic carbocycles.